The van der Waals surface area contributed by atoms with Crippen molar-refractivity contribution in [3.8, 4) is 23.1 Å². The van der Waals surface area contributed by atoms with E-state index in [1.54, 1.807) is 24.0 Å². The summed E-state index contributed by atoms with van der Waals surface area (Å²) in [5.74, 6) is 1.67. The molecule has 1 aliphatic rings. The van der Waals surface area contributed by atoms with Crippen molar-refractivity contribution in [2.45, 2.75) is 38.6 Å². The molecule has 4 heterocycles. The number of nitrogens with one attached hydrogen (secondary N) is 1. The molecule has 1 N–H and O–H groups in total. The van der Waals surface area contributed by atoms with Gasteiger partial charge in [0.25, 0.3) is 0 Å². The molecule has 0 unspecified atom stereocenters. The molecule has 0 saturated heterocycles. The summed E-state index contributed by atoms with van der Waals surface area (Å²) in [6, 6.07) is 4.67. The van der Waals surface area contributed by atoms with Crippen LogP contribution in [0.25, 0.3) is 22.4 Å². The maximum Gasteiger partial charge on any atom is 0.244 e. The summed E-state index contributed by atoms with van der Waals surface area (Å²) in [5.41, 5.74) is 2.42. The Hall–Kier alpha value is -3.67. The minimum atomic E-state index is -0.222. The SMILES string of the molecule is COc1nc(N[C@H]2CC[C@](C)(C#N)CC2)nn2ccc(-c3cnc4nccn4c3)c12. The molecular formula is C21H22N8O. The fraction of sp³-hybridized carbons (Fsp3) is 0.381. The Morgan fingerprint density at radius 3 is 2.87 bits per heavy atom. The van der Waals surface area contributed by atoms with Crippen LogP contribution in [0, 0.1) is 16.7 Å². The summed E-state index contributed by atoms with van der Waals surface area (Å²) in [7, 11) is 1.61. The summed E-state index contributed by atoms with van der Waals surface area (Å²) >= 11 is 0. The summed E-state index contributed by atoms with van der Waals surface area (Å²) in [4.78, 5) is 13.2. The standard InChI is InChI=1S/C21H22N8O/c1-21(13-22)6-3-15(4-7-21)25-19-26-18(30-2)17-16(5-9-29(17)27-19)14-11-24-20-23-8-10-28(20)12-14/h5,8-12,15H,3-4,6-7H2,1-2H3,(H,25,27)/t15-,21-. The quantitative estimate of drug-likeness (QED) is 0.558. The van der Waals surface area contributed by atoms with Crippen LogP contribution in [-0.4, -0.2) is 42.1 Å². The van der Waals surface area contributed by atoms with Crippen molar-refractivity contribution < 1.29 is 4.74 Å². The normalized spacial score (nSPS) is 21.6. The van der Waals surface area contributed by atoms with Gasteiger partial charge in [-0.25, -0.2) is 14.5 Å². The van der Waals surface area contributed by atoms with E-state index in [1.165, 1.54) is 0 Å². The first-order chi connectivity index (χ1) is 14.6. The van der Waals surface area contributed by atoms with E-state index >= 15 is 0 Å². The van der Waals surface area contributed by atoms with E-state index < -0.39 is 0 Å². The molecule has 0 atom stereocenters. The molecule has 4 aromatic rings. The lowest BCUT2D eigenvalue weighted by Crippen LogP contribution is -2.31. The predicted octanol–water partition coefficient (Wildman–Crippen LogP) is 3.33. The zero-order valence-corrected chi connectivity index (χ0v) is 16.9. The summed E-state index contributed by atoms with van der Waals surface area (Å²) in [6.45, 7) is 2.03. The molecule has 5 rings (SSSR count). The van der Waals surface area contributed by atoms with Gasteiger partial charge in [-0.1, -0.05) is 0 Å². The molecule has 4 aromatic heterocycles. The molecule has 30 heavy (non-hydrogen) atoms. The number of methoxy groups -OCH3 is 1. The number of nitriles is 1. The third-order valence-corrected chi connectivity index (χ3v) is 5.92. The average molecular weight is 402 g/mol. The lowest BCUT2D eigenvalue weighted by atomic mass is 9.75. The number of fused-ring (bicyclic) bond motifs is 2. The van der Waals surface area contributed by atoms with Gasteiger partial charge in [0.15, 0.2) is 0 Å². The van der Waals surface area contributed by atoms with E-state index in [1.807, 2.05) is 36.0 Å². The number of ether oxygens (including phenoxy) is 1. The van der Waals surface area contributed by atoms with Crippen molar-refractivity contribution in [1.82, 2.24) is 29.0 Å². The number of hydrogen-bond acceptors (Lipinski definition) is 7. The van der Waals surface area contributed by atoms with Crippen LogP contribution in [0.2, 0.25) is 0 Å². The van der Waals surface area contributed by atoms with Crippen LogP contribution in [0.1, 0.15) is 32.6 Å². The highest BCUT2D eigenvalue weighted by molar-refractivity contribution is 5.84. The Labute approximate surface area is 173 Å². The molecule has 0 aliphatic heterocycles. The first kappa shape index (κ1) is 18.4. The van der Waals surface area contributed by atoms with Gasteiger partial charge in [-0.15, -0.1) is 5.10 Å². The van der Waals surface area contributed by atoms with Crippen LogP contribution >= 0.6 is 0 Å². The largest absolute Gasteiger partial charge is 0.479 e. The molecule has 0 bridgehead atoms. The van der Waals surface area contributed by atoms with E-state index in [4.69, 9.17) is 4.74 Å². The maximum absolute atomic E-state index is 9.33. The van der Waals surface area contributed by atoms with Crippen LogP contribution in [-0.2, 0) is 0 Å². The van der Waals surface area contributed by atoms with Crippen LogP contribution in [0.3, 0.4) is 0 Å². The van der Waals surface area contributed by atoms with Crippen molar-refractivity contribution in [2.75, 3.05) is 12.4 Å². The number of rotatable bonds is 4. The van der Waals surface area contributed by atoms with E-state index in [9.17, 15) is 5.26 Å². The molecule has 0 spiro atoms. The molecule has 1 saturated carbocycles. The van der Waals surface area contributed by atoms with Gasteiger partial charge in [0, 0.05) is 48.2 Å². The molecule has 9 nitrogen and oxygen atoms in total. The first-order valence-electron chi connectivity index (χ1n) is 9.99. The Morgan fingerprint density at radius 1 is 1.27 bits per heavy atom. The first-order valence-corrected chi connectivity index (χ1v) is 9.99. The van der Waals surface area contributed by atoms with Crippen molar-refractivity contribution in [1.29, 1.82) is 5.26 Å². The van der Waals surface area contributed by atoms with Crippen molar-refractivity contribution in [2.24, 2.45) is 5.41 Å². The number of anilines is 1. The lowest BCUT2D eigenvalue weighted by molar-refractivity contribution is 0.279. The number of aromatic nitrogens is 6. The van der Waals surface area contributed by atoms with Gasteiger partial charge in [0.1, 0.15) is 5.52 Å². The van der Waals surface area contributed by atoms with Gasteiger partial charge >= 0.3 is 0 Å². The van der Waals surface area contributed by atoms with Crippen LogP contribution in [0.4, 0.5) is 5.95 Å². The van der Waals surface area contributed by atoms with Gasteiger partial charge in [-0.05, 0) is 38.7 Å². The van der Waals surface area contributed by atoms with Crippen LogP contribution in [0.15, 0.2) is 37.1 Å². The van der Waals surface area contributed by atoms with Gasteiger partial charge in [0.05, 0.1) is 18.6 Å². The van der Waals surface area contributed by atoms with Gasteiger partial charge in [0.2, 0.25) is 17.6 Å². The number of hydrogen-bond donors (Lipinski definition) is 1. The van der Waals surface area contributed by atoms with Gasteiger partial charge in [-0.2, -0.15) is 10.2 Å². The Balaban J connectivity index is 1.46. The van der Waals surface area contributed by atoms with Gasteiger partial charge in [-0.3, -0.25) is 4.40 Å². The van der Waals surface area contributed by atoms with E-state index in [-0.39, 0.29) is 11.5 Å². The van der Waals surface area contributed by atoms with E-state index in [2.05, 4.69) is 31.4 Å². The molecule has 0 radical (unpaired) electrons. The van der Waals surface area contributed by atoms with E-state index in [0.29, 0.717) is 17.6 Å². The summed E-state index contributed by atoms with van der Waals surface area (Å²) in [6.07, 6.45) is 12.8. The van der Waals surface area contributed by atoms with Crippen molar-refractivity contribution in [3.05, 3.63) is 37.1 Å². The molecule has 0 aromatic carbocycles. The highest BCUT2D eigenvalue weighted by Crippen LogP contribution is 2.36. The van der Waals surface area contributed by atoms with Gasteiger partial charge < -0.3 is 10.1 Å². The molecule has 0 amide bonds. The van der Waals surface area contributed by atoms with Crippen LogP contribution < -0.4 is 10.1 Å². The second kappa shape index (κ2) is 6.99. The second-order valence-corrected chi connectivity index (χ2v) is 8.04. The van der Waals surface area contributed by atoms with Crippen LogP contribution in [0.5, 0.6) is 5.88 Å². The minimum absolute atomic E-state index is 0.222. The summed E-state index contributed by atoms with van der Waals surface area (Å²) in [5, 5.41) is 17.4. The smallest absolute Gasteiger partial charge is 0.244 e. The zero-order chi connectivity index (χ0) is 20.7. The molecule has 1 fully saturated rings. The maximum atomic E-state index is 9.33. The lowest BCUT2D eigenvalue weighted by Gasteiger charge is -2.32. The zero-order valence-electron chi connectivity index (χ0n) is 16.9. The van der Waals surface area contributed by atoms with Crippen molar-refractivity contribution >= 4 is 17.2 Å². The monoisotopic (exact) mass is 402 g/mol. The Bertz CT molecular complexity index is 1260. The highest BCUT2D eigenvalue weighted by atomic mass is 16.5. The molecular weight excluding hydrogens is 380 g/mol. The Morgan fingerprint density at radius 2 is 2.10 bits per heavy atom. The fourth-order valence-electron chi connectivity index (χ4n) is 4.08. The fourth-order valence-corrected chi connectivity index (χ4v) is 4.08. The molecule has 9 heteroatoms. The molecule has 1 aliphatic carbocycles. The topological polar surface area (TPSA) is 105 Å². The molecule has 152 valence electrons. The average Bonchev–Trinajstić information content (AvgIpc) is 3.41. The van der Waals surface area contributed by atoms with Crippen molar-refractivity contribution in [3.63, 3.8) is 0 Å². The second-order valence-electron chi connectivity index (χ2n) is 8.04. The third kappa shape index (κ3) is 3.10. The third-order valence-electron chi connectivity index (χ3n) is 5.92. The Kier molecular flexibility index (Phi) is 4.28. The highest BCUT2D eigenvalue weighted by Gasteiger charge is 2.31. The van der Waals surface area contributed by atoms with E-state index in [0.717, 1.165) is 42.3 Å². The summed E-state index contributed by atoms with van der Waals surface area (Å²) < 4.78 is 9.26. The number of imidazole rings is 1. The number of nitrogens with zero attached hydrogens (tertiary/aromatic N) is 7. The predicted molar refractivity (Wildman–Crippen MR) is 111 cm³/mol. The minimum Gasteiger partial charge on any atom is -0.479 e.